The van der Waals surface area contributed by atoms with E-state index in [1.165, 1.54) is 0 Å². The van der Waals surface area contributed by atoms with Crippen molar-refractivity contribution in [3.05, 3.63) is 28.2 Å². The molecular weight excluding hydrogens is 312 g/mol. The molecule has 1 aromatic carbocycles. The molecule has 0 heterocycles. The van der Waals surface area contributed by atoms with Crippen LogP contribution in [0.15, 0.2) is 22.7 Å². The van der Waals surface area contributed by atoms with Gasteiger partial charge >= 0.3 is 5.97 Å². The van der Waals surface area contributed by atoms with Crippen LogP contribution in [0, 0.1) is 0 Å². The summed E-state index contributed by atoms with van der Waals surface area (Å²) >= 11 is 3.25. The van der Waals surface area contributed by atoms with Crippen molar-refractivity contribution in [3.63, 3.8) is 0 Å². The third kappa shape index (κ3) is 4.55. The number of unbranched alkanes of at least 4 members (excludes halogenated alkanes) is 1. The summed E-state index contributed by atoms with van der Waals surface area (Å²) in [5.74, 6) is -1.49. The van der Waals surface area contributed by atoms with Crippen LogP contribution >= 0.6 is 15.9 Å². The Morgan fingerprint density at radius 1 is 1.47 bits per heavy atom. The third-order valence-corrected chi connectivity index (χ3v) is 3.20. The van der Waals surface area contributed by atoms with Gasteiger partial charge in [-0.3, -0.25) is 4.79 Å². The van der Waals surface area contributed by atoms with Gasteiger partial charge in [0.25, 0.3) is 5.91 Å². The highest BCUT2D eigenvalue weighted by Crippen LogP contribution is 2.18. The Bertz CT molecular complexity index is 477. The maximum atomic E-state index is 12.0. The number of carbonyl (C=O) groups excluding carboxylic acids is 1. The summed E-state index contributed by atoms with van der Waals surface area (Å²) in [5, 5.41) is 11.5. The Labute approximate surface area is 120 Å². The summed E-state index contributed by atoms with van der Waals surface area (Å²) in [6.45, 7) is 1.97. The highest BCUT2D eigenvalue weighted by atomic mass is 79.9. The van der Waals surface area contributed by atoms with E-state index in [2.05, 4.69) is 21.2 Å². The molecule has 5 nitrogen and oxygen atoms in total. The van der Waals surface area contributed by atoms with Crippen LogP contribution in [-0.4, -0.2) is 23.0 Å². The zero-order valence-electron chi connectivity index (χ0n) is 10.6. The van der Waals surface area contributed by atoms with Gasteiger partial charge in [-0.05, 0) is 24.6 Å². The molecule has 104 valence electrons. The minimum Gasteiger partial charge on any atom is -0.480 e. The van der Waals surface area contributed by atoms with Crippen LogP contribution in [0.4, 0.5) is 5.69 Å². The van der Waals surface area contributed by atoms with Gasteiger partial charge in [-0.15, -0.1) is 0 Å². The summed E-state index contributed by atoms with van der Waals surface area (Å²) in [5.41, 5.74) is 6.33. The van der Waals surface area contributed by atoms with Crippen molar-refractivity contribution >= 4 is 33.5 Å². The van der Waals surface area contributed by atoms with Crippen LogP contribution in [0.3, 0.4) is 0 Å². The largest absolute Gasteiger partial charge is 0.480 e. The van der Waals surface area contributed by atoms with Gasteiger partial charge in [-0.1, -0.05) is 35.7 Å². The van der Waals surface area contributed by atoms with E-state index in [1.54, 1.807) is 18.2 Å². The molecule has 0 spiro atoms. The van der Waals surface area contributed by atoms with E-state index in [4.69, 9.17) is 10.8 Å². The minimum atomic E-state index is -1.03. The molecular formula is C13H17BrN2O3. The first-order valence-corrected chi connectivity index (χ1v) is 6.83. The second-order valence-electron chi connectivity index (χ2n) is 4.24. The van der Waals surface area contributed by atoms with E-state index in [-0.39, 0.29) is 5.56 Å². The topological polar surface area (TPSA) is 92.4 Å². The van der Waals surface area contributed by atoms with Gasteiger partial charge in [0.15, 0.2) is 0 Å². The number of amides is 1. The van der Waals surface area contributed by atoms with Crippen molar-refractivity contribution in [2.45, 2.75) is 32.2 Å². The number of nitrogens with two attached hydrogens (primary N) is 1. The van der Waals surface area contributed by atoms with E-state index in [1.807, 2.05) is 6.92 Å². The van der Waals surface area contributed by atoms with Crippen LogP contribution in [0.2, 0.25) is 0 Å². The number of nitrogens with one attached hydrogen (secondary N) is 1. The van der Waals surface area contributed by atoms with Crippen molar-refractivity contribution in [1.82, 2.24) is 5.32 Å². The van der Waals surface area contributed by atoms with Gasteiger partial charge in [-0.25, -0.2) is 4.79 Å². The molecule has 1 atom stereocenters. The van der Waals surface area contributed by atoms with E-state index >= 15 is 0 Å². The van der Waals surface area contributed by atoms with Crippen LogP contribution < -0.4 is 11.1 Å². The number of hydrogen-bond acceptors (Lipinski definition) is 3. The fraction of sp³-hybridized carbons (Fsp3) is 0.385. The lowest BCUT2D eigenvalue weighted by molar-refractivity contribution is -0.139. The molecule has 1 amide bonds. The molecule has 1 rings (SSSR count). The lowest BCUT2D eigenvalue weighted by Gasteiger charge is -2.15. The Balaban J connectivity index is 2.78. The van der Waals surface area contributed by atoms with Crippen molar-refractivity contribution in [3.8, 4) is 0 Å². The number of hydrogen-bond donors (Lipinski definition) is 3. The Hall–Kier alpha value is -1.56. The highest BCUT2D eigenvalue weighted by molar-refractivity contribution is 9.10. The maximum absolute atomic E-state index is 12.0. The number of rotatable bonds is 6. The smallest absolute Gasteiger partial charge is 0.326 e. The highest BCUT2D eigenvalue weighted by Gasteiger charge is 2.21. The predicted octanol–water partition coefficient (Wildman–Crippen LogP) is 2.40. The monoisotopic (exact) mass is 328 g/mol. The first-order chi connectivity index (χ1) is 8.95. The average molecular weight is 329 g/mol. The standard InChI is InChI=1S/C13H17BrN2O3/c1-2-3-4-11(13(18)19)16-12(17)9-6-5-8(14)7-10(9)15/h5-7,11H,2-4,15H2,1H3,(H,16,17)(H,18,19)/t11-/m0/s1. The quantitative estimate of drug-likeness (QED) is 0.699. The molecule has 0 radical (unpaired) electrons. The number of nitrogen functional groups attached to an aromatic ring is 1. The summed E-state index contributed by atoms with van der Waals surface area (Å²) in [6, 6.07) is 3.98. The molecule has 0 fully saturated rings. The van der Waals surface area contributed by atoms with Crippen LogP contribution in [-0.2, 0) is 4.79 Å². The summed E-state index contributed by atoms with van der Waals surface area (Å²) in [4.78, 5) is 23.0. The van der Waals surface area contributed by atoms with Crippen LogP contribution in [0.1, 0.15) is 36.5 Å². The number of benzene rings is 1. The van der Waals surface area contributed by atoms with Gasteiger partial charge in [0.1, 0.15) is 6.04 Å². The molecule has 4 N–H and O–H groups in total. The molecule has 0 aliphatic heterocycles. The molecule has 0 saturated carbocycles. The predicted molar refractivity (Wildman–Crippen MR) is 77.0 cm³/mol. The molecule has 0 aliphatic carbocycles. The number of carbonyl (C=O) groups is 2. The molecule has 0 unspecified atom stereocenters. The third-order valence-electron chi connectivity index (χ3n) is 2.71. The van der Waals surface area contributed by atoms with Crippen LogP contribution in [0.5, 0.6) is 0 Å². The van der Waals surface area contributed by atoms with Gasteiger partial charge in [0.2, 0.25) is 0 Å². The second kappa shape index (κ2) is 7.13. The van der Waals surface area contributed by atoms with E-state index < -0.39 is 17.9 Å². The number of halogens is 1. The average Bonchev–Trinajstić information content (AvgIpc) is 2.33. The van der Waals surface area contributed by atoms with Crippen molar-refractivity contribution < 1.29 is 14.7 Å². The minimum absolute atomic E-state index is 0.283. The molecule has 0 bridgehead atoms. The van der Waals surface area contributed by atoms with Gasteiger partial charge in [0.05, 0.1) is 5.56 Å². The lowest BCUT2D eigenvalue weighted by Crippen LogP contribution is -2.40. The van der Waals surface area contributed by atoms with Crippen molar-refractivity contribution in [2.75, 3.05) is 5.73 Å². The van der Waals surface area contributed by atoms with Gasteiger partial charge in [0, 0.05) is 10.2 Å². The first kappa shape index (κ1) is 15.5. The zero-order valence-corrected chi connectivity index (χ0v) is 12.2. The normalized spacial score (nSPS) is 11.9. The Morgan fingerprint density at radius 3 is 2.68 bits per heavy atom. The van der Waals surface area contributed by atoms with Gasteiger partial charge in [-0.2, -0.15) is 0 Å². The summed E-state index contributed by atoms with van der Waals surface area (Å²) < 4.78 is 0.766. The fourth-order valence-corrected chi connectivity index (χ4v) is 2.02. The van der Waals surface area contributed by atoms with Gasteiger partial charge < -0.3 is 16.2 Å². The van der Waals surface area contributed by atoms with E-state index in [0.29, 0.717) is 12.1 Å². The van der Waals surface area contributed by atoms with Crippen molar-refractivity contribution in [2.24, 2.45) is 0 Å². The van der Waals surface area contributed by atoms with E-state index in [9.17, 15) is 9.59 Å². The summed E-state index contributed by atoms with van der Waals surface area (Å²) in [6.07, 6.45) is 2.03. The number of aliphatic carboxylic acids is 1. The van der Waals surface area contributed by atoms with Crippen LogP contribution in [0.25, 0.3) is 0 Å². The Kier molecular flexibility index (Phi) is 5.82. The molecule has 0 saturated heterocycles. The molecule has 6 heteroatoms. The molecule has 19 heavy (non-hydrogen) atoms. The number of carboxylic acids is 1. The van der Waals surface area contributed by atoms with E-state index in [0.717, 1.165) is 17.3 Å². The zero-order chi connectivity index (χ0) is 14.4. The number of anilines is 1. The second-order valence-corrected chi connectivity index (χ2v) is 5.15. The first-order valence-electron chi connectivity index (χ1n) is 6.04. The maximum Gasteiger partial charge on any atom is 0.326 e. The summed E-state index contributed by atoms with van der Waals surface area (Å²) in [7, 11) is 0. The Morgan fingerprint density at radius 2 is 2.16 bits per heavy atom. The molecule has 0 aromatic heterocycles. The van der Waals surface area contributed by atoms with Crippen molar-refractivity contribution in [1.29, 1.82) is 0 Å². The molecule has 1 aromatic rings. The molecule has 0 aliphatic rings. The fourth-order valence-electron chi connectivity index (χ4n) is 1.64. The SMILES string of the molecule is CCCC[C@H](NC(=O)c1ccc(Br)cc1N)C(=O)O. The number of carboxylic acid groups (broad SMARTS) is 1. The lowest BCUT2D eigenvalue weighted by atomic mass is 10.1.